The van der Waals surface area contributed by atoms with E-state index in [1.165, 1.54) is 7.11 Å². The number of carbonyl (C=O) groups is 1. The SMILES string of the molecule is COC(=O)[C@@H]1C[C@@H]1C[NH3+]. The van der Waals surface area contributed by atoms with Crippen molar-refractivity contribution in [3.8, 4) is 0 Å². The first-order valence-corrected chi connectivity index (χ1v) is 3.16. The minimum atomic E-state index is -0.0661. The van der Waals surface area contributed by atoms with Gasteiger partial charge >= 0.3 is 5.97 Å². The summed E-state index contributed by atoms with van der Waals surface area (Å²) < 4.78 is 4.54. The molecule has 0 aliphatic heterocycles. The van der Waals surface area contributed by atoms with Crippen LogP contribution in [-0.2, 0) is 9.53 Å². The fourth-order valence-corrected chi connectivity index (χ4v) is 1.01. The van der Waals surface area contributed by atoms with Crippen molar-refractivity contribution >= 4 is 5.97 Å². The maximum Gasteiger partial charge on any atom is 0.309 e. The van der Waals surface area contributed by atoms with Crippen LogP contribution in [0.1, 0.15) is 6.42 Å². The van der Waals surface area contributed by atoms with Crippen LogP contribution in [-0.4, -0.2) is 19.6 Å². The summed E-state index contributed by atoms with van der Waals surface area (Å²) >= 11 is 0. The third-order valence-electron chi connectivity index (χ3n) is 1.80. The summed E-state index contributed by atoms with van der Waals surface area (Å²) in [5.74, 6) is 0.619. The number of hydrogen-bond donors (Lipinski definition) is 1. The third kappa shape index (κ3) is 1.21. The molecule has 0 unspecified atom stereocenters. The first kappa shape index (κ1) is 6.55. The van der Waals surface area contributed by atoms with Crippen molar-refractivity contribution in [2.45, 2.75) is 6.42 Å². The molecule has 3 N–H and O–H groups in total. The van der Waals surface area contributed by atoms with E-state index in [0.29, 0.717) is 5.92 Å². The molecule has 0 amide bonds. The largest absolute Gasteiger partial charge is 0.469 e. The van der Waals surface area contributed by atoms with E-state index < -0.39 is 0 Å². The maximum atomic E-state index is 10.7. The molecular weight excluding hydrogens is 118 g/mol. The highest BCUT2D eigenvalue weighted by Crippen LogP contribution is 2.37. The van der Waals surface area contributed by atoms with Gasteiger partial charge in [0.1, 0.15) is 0 Å². The van der Waals surface area contributed by atoms with Gasteiger partial charge in [0.05, 0.1) is 19.6 Å². The molecular formula is C6H12NO2+. The zero-order valence-corrected chi connectivity index (χ0v) is 5.59. The summed E-state index contributed by atoms with van der Waals surface area (Å²) in [7, 11) is 1.43. The number of rotatable bonds is 2. The Hall–Kier alpha value is -0.570. The summed E-state index contributed by atoms with van der Waals surface area (Å²) in [5, 5.41) is 0. The number of hydrogen-bond acceptors (Lipinski definition) is 2. The number of methoxy groups -OCH3 is 1. The average Bonchev–Trinajstić information content (AvgIpc) is 2.64. The molecule has 0 aromatic rings. The highest BCUT2D eigenvalue weighted by atomic mass is 16.5. The molecule has 0 radical (unpaired) electrons. The lowest BCUT2D eigenvalue weighted by Gasteiger charge is -1.92. The topological polar surface area (TPSA) is 53.9 Å². The van der Waals surface area contributed by atoms with Gasteiger partial charge in [-0.2, -0.15) is 0 Å². The van der Waals surface area contributed by atoms with Gasteiger partial charge < -0.3 is 10.5 Å². The summed E-state index contributed by atoms with van der Waals surface area (Å²) in [5.41, 5.74) is 3.71. The average molecular weight is 130 g/mol. The fraction of sp³-hybridized carbons (Fsp3) is 0.833. The van der Waals surface area contributed by atoms with Gasteiger partial charge in [0.25, 0.3) is 0 Å². The van der Waals surface area contributed by atoms with Crippen molar-refractivity contribution in [3.63, 3.8) is 0 Å². The molecule has 0 spiro atoms. The van der Waals surface area contributed by atoms with Crippen molar-refractivity contribution in [1.29, 1.82) is 0 Å². The van der Waals surface area contributed by atoms with E-state index in [9.17, 15) is 4.79 Å². The van der Waals surface area contributed by atoms with Gasteiger partial charge in [0, 0.05) is 5.92 Å². The van der Waals surface area contributed by atoms with Gasteiger partial charge in [-0.25, -0.2) is 0 Å². The molecule has 0 aromatic carbocycles. The molecule has 52 valence electrons. The normalized spacial score (nSPS) is 31.8. The van der Waals surface area contributed by atoms with Crippen molar-refractivity contribution in [1.82, 2.24) is 0 Å². The Morgan fingerprint density at radius 2 is 2.56 bits per heavy atom. The van der Waals surface area contributed by atoms with Crippen molar-refractivity contribution in [3.05, 3.63) is 0 Å². The van der Waals surface area contributed by atoms with Gasteiger partial charge in [-0.1, -0.05) is 0 Å². The first-order chi connectivity index (χ1) is 4.29. The Labute approximate surface area is 54.2 Å². The van der Waals surface area contributed by atoms with Crippen LogP contribution in [0.4, 0.5) is 0 Å². The van der Waals surface area contributed by atoms with E-state index in [-0.39, 0.29) is 11.9 Å². The molecule has 1 rings (SSSR count). The molecule has 0 aromatic heterocycles. The van der Waals surface area contributed by atoms with Crippen LogP contribution in [0.3, 0.4) is 0 Å². The van der Waals surface area contributed by atoms with E-state index in [1.54, 1.807) is 0 Å². The van der Waals surface area contributed by atoms with E-state index >= 15 is 0 Å². The number of quaternary nitrogens is 1. The Kier molecular flexibility index (Phi) is 1.71. The molecule has 3 heteroatoms. The smallest absolute Gasteiger partial charge is 0.309 e. The molecule has 0 bridgehead atoms. The van der Waals surface area contributed by atoms with Gasteiger partial charge in [0.2, 0.25) is 0 Å². The summed E-state index contributed by atoms with van der Waals surface area (Å²) in [6, 6.07) is 0. The lowest BCUT2D eigenvalue weighted by Crippen LogP contribution is -2.51. The van der Waals surface area contributed by atoms with Gasteiger partial charge in [-0.15, -0.1) is 0 Å². The minimum absolute atomic E-state index is 0.0661. The quantitative estimate of drug-likeness (QED) is 0.489. The van der Waals surface area contributed by atoms with Crippen LogP contribution < -0.4 is 5.73 Å². The highest BCUT2D eigenvalue weighted by molar-refractivity contribution is 5.75. The van der Waals surface area contributed by atoms with Gasteiger partial charge in [0.15, 0.2) is 0 Å². The van der Waals surface area contributed by atoms with E-state index in [4.69, 9.17) is 0 Å². The lowest BCUT2D eigenvalue weighted by atomic mass is 10.3. The molecule has 0 saturated heterocycles. The minimum Gasteiger partial charge on any atom is -0.469 e. The van der Waals surface area contributed by atoms with E-state index in [2.05, 4.69) is 10.5 Å². The molecule has 9 heavy (non-hydrogen) atoms. The van der Waals surface area contributed by atoms with Crippen LogP contribution in [0, 0.1) is 11.8 Å². The molecule has 2 atom stereocenters. The summed E-state index contributed by atoms with van der Waals surface area (Å²) in [4.78, 5) is 10.7. The molecule has 1 aliphatic rings. The number of ether oxygens (including phenoxy) is 1. The second-order valence-electron chi connectivity index (χ2n) is 2.41. The Bertz CT molecular complexity index is 124. The van der Waals surface area contributed by atoms with Crippen molar-refractivity contribution in [2.24, 2.45) is 11.8 Å². The molecule has 1 saturated carbocycles. The van der Waals surface area contributed by atoms with E-state index in [1.807, 2.05) is 0 Å². The first-order valence-electron chi connectivity index (χ1n) is 3.16. The Balaban J connectivity index is 2.25. The predicted octanol–water partition coefficient (Wildman–Crippen LogP) is -0.963. The van der Waals surface area contributed by atoms with Crippen LogP contribution in [0.15, 0.2) is 0 Å². The second kappa shape index (κ2) is 2.35. The van der Waals surface area contributed by atoms with Crippen LogP contribution in [0.25, 0.3) is 0 Å². The van der Waals surface area contributed by atoms with Gasteiger partial charge in [-0.3, -0.25) is 4.79 Å². The van der Waals surface area contributed by atoms with Crippen molar-refractivity contribution in [2.75, 3.05) is 13.7 Å². The molecule has 3 nitrogen and oxygen atoms in total. The summed E-state index contributed by atoms with van der Waals surface area (Å²) in [6.45, 7) is 0.861. The van der Waals surface area contributed by atoms with Crippen molar-refractivity contribution < 1.29 is 15.3 Å². The predicted molar refractivity (Wildman–Crippen MR) is 31.4 cm³/mol. The maximum absolute atomic E-state index is 10.7. The lowest BCUT2D eigenvalue weighted by molar-refractivity contribution is -0.373. The number of carbonyl (C=O) groups excluding carboxylic acids is 1. The Morgan fingerprint density at radius 1 is 1.89 bits per heavy atom. The highest BCUT2D eigenvalue weighted by Gasteiger charge is 2.44. The van der Waals surface area contributed by atoms with Gasteiger partial charge in [-0.05, 0) is 6.42 Å². The monoisotopic (exact) mass is 130 g/mol. The zero-order valence-electron chi connectivity index (χ0n) is 5.59. The van der Waals surface area contributed by atoms with Crippen LogP contribution >= 0.6 is 0 Å². The molecule has 1 fully saturated rings. The summed E-state index contributed by atoms with van der Waals surface area (Å²) in [6.07, 6.45) is 0.982. The van der Waals surface area contributed by atoms with Crippen LogP contribution in [0.2, 0.25) is 0 Å². The number of esters is 1. The second-order valence-corrected chi connectivity index (χ2v) is 2.41. The molecule has 0 heterocycles. The Morgan fingerprint density at radius 3 is 2.89 bits per heavy atom. The van der Waals surface area contributed by atoms with E-state index in [0.717, 1.165) is 13.0 Å². The molecule has 1 aliphatic carbocycles. The van der Waals surface area contributed by atoms with Crippen LogP contribution in [0.5, 0.6) is 0 Å². The zero-order chi connectivity index (χ0) is 6.85. The fourth-order valence-electron chi connectivity index (χ4n) is 1.01. The standard InChI is InChI=1S/C6H11NO2/c1-9-6(8)5-2-4(5)3-7/h4-5H,2-3,7H2,1H3/p+1/t4-,5-/m1/s1. The third-order valence-corrected chi connectivity index (χ3v) is 1.80.